The smallest absolute Gasteiger partial charge is 0.234 e. The molecule has 0 bridgehead atoms. The number of benzene rings is 1. The number of methoxy groups -OCH3 is 1. The van der Waals surface area contributed by atoms with Crippen LogP contribution in [-0.4, -0.2) is 23.8 Å². The first-order chi connectivity index (χ1) is 11.8. The lowest BCUT2D eigenvalue weighted by Gasteiger charge is -2.12. The minimum atomic E-state index is -0.213. The second kappa shape index (κ2) is 8.24. The van der Waals surface area contributed by atoms with Gasteiger partial charge in [-0.1, -0.05) is 23.4 Å². The lowest BCUT2D eigenvalue weighted by atomic mass is 10.1. The minimum absolute atomic E-state index is 0.134. The lowest BCUT2D eigenvalue weighted by Crippen LogP contribution is -2.15. The van der Waals surface area contributed by atoms with Gasteiger partial charge in [0, 0.05) is 16.8 Å². The van der Waals surface area contributed by atoms with Crippen LogP contribution in [0.2, 0.25) is 5.02 Å². The summed E-state index contributed by atoms with van der Waals surface area (Å²) in [5.74, 6) is 0.418. The van der Waals surface area contributed by atoms with Crippen molar-refractivity contribution in [2.24, 2.45) is 0 Å². The van der Waals surface area contributed by atoms with Crippen molar-refractivity contribution < 1.29 is 9.53 Å². The zero-order chi connectivity index (χ0) is 18.6. The predicted octanol–water partition coefficient (Wildman–Crippen LogP) is 4.27. The van der Waals surface area contributed by atoms with Crippen LogP contribution in [0.5, 0.6) is 5.75 Å². The van der Waals surface area contributed by atoms with Crippen LogP contribution in [0.4, 0.5) is 5.69 Å². The molecule has 0 aliphatic carbocycles. The number of rotatable bonds is 5. The SMILES string of the molecule is COc1cc(Cl)c(C)cc1NC(=O)CSc1nc(C)cc(C)c1C#N. The van der Waals surface area contributed by atoms with E-state index in [9.17, 15) is 10.1 Å². The fraction of sp³-hybridized carbons (Fsp3) is 0.278. The molecule has 2 rings (SSSR count). The van der Waals surface area contributed by atoms with E-state index >= 15 is 0 Å². The quantitative estimate of drug-likeness (QED) is 0.790. The Morgan fingerprint density at radius 2 is 2.04 bits per heavy atom. The third kappa shape index (κ3) is 4.65. The van der Waals surface area contributed by atoms with Crippen LogP contribution in [0.3, 0.4) is 0 Å². The predicted molar refractivity (Wildman–Crippen MR) is 101 cm³/mol. The van der Waals surface area contributed by atoms with Gasteiger partial charge in [-0.2, -0.15) is 5.26 Å². The first kappa shape index (κ1) is 19.1. The second-order valence-corrected chi connectivity index (χ2v) is 6.88. The number of aryl methyl sites for hydroxylation is 3. The molecular formula is C18H18ClN3O2S. The van der Waals surface area contributed by atoms with Gasteiger partial charge in [0.25, 0.3) is 0 Å². The van der Waals surface area contributed by atoms with Crippen molar-refractivity contribution in [3.8, 4) is 11.8 Å². The molecule has 2 aromatic rings. The largest absolute Gasteiger partial charge is 0.495 e. The Bertz CT molecular complexity index is 862. The summed E-state index contributed by atoms with van der Waals surface area (Å²) in [4.78, 5) is 16.7. The number of nitrogens with one attached hydrogen (secondary N) is 1. The number of ether oxygens (including phenoxy) is 1. The number of nitrogens with zero attached hydrogens (tertiary/aromatic N) is 2. The molecule has 0 spiro atoms. The second-order valence-electron chi connectivity index (χ2n) is 5.51. The van der Waals surface area contributed by atoms with E-state index in [1.54, 1.807) is 12.1 Å². The topological polar surface area (TPSA) is 75.0 Å². The Balaban J connectivity index is 2.13. The van der Waals surface area contributed by atoms with Crippen LogP contribution in [0.1, 0.15) is 22.4 Å². The van der Waals surface area contributed by atoms with E-state index in [2.05, 4.69) is 16.4 Å². The molecule has 5 nitrogen and oxygen atoms in total. The maximum Gasteiger partial charge on any atom is 0.234 e. The van der Waals surface area contributed by atoms with Gasteiger partial charge >= 0.3 is 0 Å². The van der Waals surface area contributed by atoms with E-state index in [-0.39, 0.29) is 11.7 Å². The number of pyridine rings is 1. The van der Waals surface area contributed by atoms with Crippen LogP contribution in [0, 0.1) is 32.1 Å². The molecule has 1 N–H and O–H groups in total. The summed E-state index contributed by atoms with van der Waals surface area (Å²) in [7, 11) is 1.52. The van der Waals surface area contributed by atoms with Crippen molar-refractivity contribution in [3.63, 3.8) is 0 Å². The van der Waals surface area contributed by atoms with Gasteiger partial charge in [-0.05, 0) is 44.0 Å². The molecule has 1 heterocycles. The average Bonchev–Trinajstić information content (AvgIpc) is 2.55. The fourth-order valence-electron chi connectivity index (χ4n) is 2.29. The van der Waals surface area contributed by atoms with Crippen molar-refractivity contribution in [2.75, 3.05) is 18.2 Å². The highest BCUT2D eigenvalue weighted by Crippen LogP contribution is 2.31. The van der Waals surface area contributed by atoms with Gasteiger partial charge in [0.2, 0.25) is 5.91 Å². The number of carbonyl (C=O) groups is 1. The van der Waals surface area contributed by atoms with Crippen LogP contribution in [-0.2, 0) is 4.79 Å². The van der Waals surface area contributed by atoms with Crippen LogP contribution >= 0.6 is 23.4 Å². The number of thioether (sulfide) groups is 1. The van der Waals surface area contributed by atoms with Gasteiger partial charge in [0.1, 0.15) is 16.8 Å². The van der Waals surface area contributed by atoms with Crippen LogP contribution in [0.25, 0.3) is 0 Å². The summed E-state index contributed by atoms with van der Waals surface area (Å²) < 4.78 is 5.25. The highest BCUT2D eigenvalue weighted by molar-refractivity contribution is 8.00. The van der Waals surface area contributed by atoms with E-state index in [4.69, 9.17) is 16.3 Å². The number of halogens is 1. The van der Waals surface area contributed by atoms with Gasteiger partial charge < -0.3 is 10.1 Å². The Hall–Kier alpha value is -2.23. The third-order valence-corrected chi connectivity index (χ3v) is 4.90. The number of carbonyl (C=O) groups excluding carboxylic acids is 1. The average molecular weight is 376 g/mol. The van der Waals surface area contributed by atoms with E-state index in [1.807, 2.05) is 26.8 Å². The third-order valence-electron chi connectivity index (χ3n) is 3.52. The van der Waals surface area contributed by atoms with Gasteiger partial charge in [-0.15, -0.1) is 0 Å². The molecule has 1 aromatic carbocycles. The Morgan fingerprint density at radius 3 is 2.68 bits per heavy atom. The highest BCUT2D eigenvalue weighted by atomic mass is 35.5. The Kier molecular flexibility index (Phi) is 6.29. The molecule has 7 heteroatoms. The van der Waals surface area contributed by atoms with Gasteiger partial charge in [0.15, 0.2) is 0 Å². The van der Waals surface area contributed by atoms with E-state index in [0.717, 1.165) is 16.8 Å². The Labute approximate surface area is 156 Å². The molecule has 1 amide bonds. The van der Waals surface area contributed by atoms with Crippen molar-refractivity contribution in [1.82, 2.24) is 4.98 Å². The van der Waals surface area contributed by atoms with E-state index in [0.29, 0.717) is 27.0 Å². The molecule has 0 saturated heterocycles. The molecular weight excluding hydrogens is 358 g/mol. The Morgan fingerprint density at radius 1 is 1.32 bits per heavy atom. The molecule has 1 aromatic heterocycles. The zero-order valence-electron chi connectivity index (χ0n) is 14.4. The summed E-state index contributed by atoms with van der Waals surface area (Å²) >= 11 is 7.31. The number of amides is 1. The van der Waals surface area contributed by atoms with Crippen LogP contribution < -0.4 is 10.1 Å². The van der Waals surface area contributed by atoms with Crippen molar-refractivity contribution in [1.29, 1.82) is 5.26 Å². The summed E-state index contributed by atoms with van der Waals surface area (Å²) in [6.07, 6.45) is 0. The highest BCUT2D eigenvalue weighted by Gasteiger charge is 2.14. The summed E-state index contributed by atoms with van der Waals surface area (Å²) in [6.45, 7) is 5.57. The van der Waals surface area contributed by atoms with Gasteiger partial charge in [0.05, 0.1) is 24.1 Å². The summed E-state index contributed by atoms with van der Waals surface area (Å²) in [5.41, 5.74) is 3.57. The fourth-order valence-corrected chi connectivity index (χ4v) is 3.35. The maximum absolute atomic E-state index is 12.3. The van der Waals surface area contributed by atoms with E-state index < -0.39 is 0 Å². The molecule has 130 valence electrons. The molecule has 0 radical (unpaired) electrons. The minimum Gasteiger partial charge on any atom is -0.495 e. The number of hydrogen-bond acceptors (Lipinski definition) is 5. The monoisotopic (exact) mass is 375 g/mol. The molecule has 0 saturated carbocycles. The van der Waals surface area contributed by atoms with E-state index in [1.165, 1.54) is 18.9 Å². The lowest BCUT2D eigenvalue weighted by molar-refractivity contribution is -0.113. The van der Waals surface area contributed by atoms with Crippen molar-refractivity contribution in [3.05, 3.63) is 45.6 Å². The van der Waals surface area contributed by atoms with Crippen molar-refractivity contribution in [2.45, 2.75) is 25.8 Å². The standard InChI is InChI=1S/C18H18ClN3O2S/c1-10-5-12(3)21-18(13(10)8-20)25-9-17(23)22-15-6-11(2)14(19)7-16(15)24-4/h5-7H,9H2,1-4H3,(H,22,23). The maximum atomic E-state index is 12.3. The first-order valence-corrected chi connectivity index (χ1v) is 8.87. The van der Waals surface area contributed by atoms with Gasteiger partial charge in [-0.3, -0.25) is 4.79 Å². The van der Waals surface area contributed by atoms with Crippen molar-refractivity contribution >= 4 is 35.0 Å². The molecule has 0 fully saturated rings. The number of hydrogen-bond donors (Lipinski definition) is 1. The number of aromatic nitrogens is 1. The zero-order valence-corrected chi connectivity index (χ0v) is 16.0. The molecule has 0 aliphatic rings. The number of anilines is 1. The number of nitriles is 1. The summed E-state index contributed by atoms with van der Waals surface area (Å²) in [5, 5.41) is 13.2. The summed E-state index contributed by atoms with van der Waals surface area (Å²) in [6, 6.07) is 7.43. The molecule has 0 atom stereocenters. The normalized spacial score (nSPS) is 10.2. The molecule has 0 unspecified atom stereocenters. The van der Waals surface area contributed by atoms with Gasteiger partial charge in [-0.25, -0.2) is 4.98 Å². The molecule has 0 aliphatic heterocycles. The van der Waals surface area contributed by atoms with Crippen LogP contribution in [0.15, 0.2) is 23.2 Å². The molecule has 25 heavy (non-hydrogen) atoms. The first-order valence-electron chi connectivity index (χ1n) is 7.50.